The molecule has 2 aromatic heterocycles. The maximum absolute atomic E-state index is 13.1. The van der Waals surface area contributed by atoms with E-state index in [-0.39, 0.29) is 5.91 Å². The van der Waals surface area contributed by atoms with Crippen molar-refractivity contribution in [2.24, 2.45) is 7.05 Å². The molecule has 0 radical (unpaired) electrons. The second-order valence-corrected chi connectivity index (χ2v) is 6.81. The number of hydrogen-bond acceptors (Lipinski definition) is 2. The molecule has 1 saturated carbocycles. The molecule has 2 heterocycles. The number of aromatic nitrogens is 3. The van der Waals surface area contributed by atoms with Crippen LogP contribution in [0.4, 0.5) is 0 Å². The zero-order valence-corrected chi connectivity index (χ0v) is 14.5. The maximum atomic E-state index is 13.1. The highest BCUT2D eigenvalue weighted by atomic mass is 35.5. The van der Waals surface area contributed by atoms with Crippen molar-refractivity contribution in [2.45, 2.75) is 32.4 Å². The molecule has 0 atom stereocenters. The molecule has 0 spiro atoms. The van der Waals surface area contributed by atoms with Gasteiger partial charge in [-0.2, -0.15) is 5.10 Å². The minimum Gasteiger partial charge on any atom is -0.361 e. The number of nitrogens with one attached hydrogen (secondary N) is 1. The van der Waals surface area contributed by atoms with E-state index >= 15 is 0 Å². The van der Waals surface area contributed by atoms with Crippen molar-refractivity contribution in [3.05, 3.63) is 52.4 Å². The van der Waals surface area contributed by atoms with Crippen LogP contribution >= 0.6 is 11.6 Å². The van der Waals surface area contributed by atoms with E-state index in [4.69, 9.17) is 11.6 Å². The van der Waals surface area contributed by atoms with Crippen LogP contribution in [-0.4, -0.2) is 31.6 Å². The molecule has 3 aromatic rings. The Morgan fingerprint density at radius 3 is 2.88 bits per heavy atom. The molecule has 6 heteroatoms. The number of benzene rings is 1. The summed E-state index contributed by atoms with van der Waals surface area (Å²) < 4.78 is 1.59. The summed E-state index contributed by atoms with van der Waals surface area (Å²) >= 11 is 6.31. The van der Waals surface area contributed by atoms with Crippen molar-refractivity contribution >= 4 is 28.4 Å². The number of hydrogen-bond donors (Lipinski definition) is 1. The van der Waals surface area contributed by atoms with Gasteiger partial charge in [0.05, 0.1) is 10.7 Å². The van der Waals surface area contributed by atoms with E-state index in [0.29, 0.717) is 29.0 Å². The summed E-state index contributed by atoms with van der Waals surface area (Å²) in [7, 11) is 1.77. The Morgan fingerprint density at radius 2 is 2.21 bits per heavy atom. The highest BCUT2D eigenvalue weighted by Gasteiger charge is 2.35. The third kappa shape index (κ3) is 2.59. The number of carbonyl (C=O) groups is 1. The molecule has 1 fully saturated rings. The fraction of sp³-hybridized carbons (Fsp3) is 0.333. The lowest BCUT2D eigenvalue weighted by molar-refractivity contribution is 0.0719. The van der Waals surface area contributed by atoms with Gasteiger partial charge in [0.1, 0.15) is 5.69 Å². The first-order valence-electron chi connectivity index (χ1n) is 8.10. The molecule has 1 N–H and O–H groups in total. The summed E-state index contributed by atoms with van der Waals surface area (Å²) in [6.45, 7) is 2.41. The molecule has 1 aliphatic carbocycles. The monoisotopic (exact) mass is 342 g/mol. The van der Waals surface area contributed by atoms with Crippen LogP contribution in [0.15, 0.2) is 30.5 Å². The third-order valence-electron chi connectivity index (χ3n) is 4.57. The predicted molar refractivity (Wildman–Crippen MR) is 94.1 cm³/mol. The van der Waals surface area contributed by atoms with Crippen molar-refractivity contribution in [2.75, 3.05) is 0 Å². The Hall–Kier alpha value is -2.27. The van der Waals surface area contributed by atoms with Crippen LogP contribution in [0.5, 0.6) is 0 Å². The van der Waals surface area contributed by atoms with Crippen molar-refractivity contribution in [1.29, 1.82) is 0 Å². The Kier molecular flexibility index (Phi) is 3.61. The zero-order valence-electron chi connectivity index (χ0n) is 13.7. The summed E-state index contributed by atoms with van der Waals surface area (Å²) in [5.74, 6) is -0.0419. The summed E-state index contributed by atoms with van der Waals surface area (Å²) in [5, 5.41) is 5.88. The van der Waals surface area contributed by atoms with Gasteiger partial charge in [-0.3, -0.25) is 9.48 Å². The molecule has 4 rings (SSSR count). The number of fused-ring (bicyclic) bond motifs is 1. The van der Waals surface area contributed by atoms with Gasteiger partial charge in [-0.1, -0.05) is 17.7 Å². The lowest BCUT2D eigenvalue weighted by Gasteiger charge is -2.23. The minimum atomic E-state index is -0.0419. The van der Waals surface area contributed by atoms with Crippen LogP contribution in [0.1, 0.15) is 34.6 Å². The largest absolute Gasteiger partial charge is 0.361 e. The topological polar surface area (TPSA) is 53.9 Å². The molecule has 0 aliphatic heterocycles. The highest BCUT2D eigenvalue weighted by Crippen LogP contribution is 2.32. The first kappa shape index (κ1) is 15.3. The van der Waals surface area contributed by atoms with Gasteiger partial charge in [0, 0.05) is 31.3 Å². The van der Waals surface area contributed by atoms with Gasteiger partial charge in [-0.15, -0.1) is 0 Å². The third-order valence-corrected chi connectivity index (χ3v) is 5.02. The molecular formula is C18H19ClN4O. The van der Waals surface area contributed by atoms with Gasteiger partial charge in [-0.05, 0) is 48.9 Å². The summed E-state index contributed by atoms with van der Waals surface area (Å²) in [6, 6.07) is 8.60. The van der Waals surface area contributed by atoms with Gasteiger partial charge >= 0.3 is 0 Å². The van der Waals surface area contributed by atoms with Gasteiger partial charge in [0.25, 0.3) is 5.91 Å². The van der Waals surface area contributed by atoms with Crippen LogP contribution in [0.3, 0.4) is 0 Å². The summed E-state index contributed by atoms with van der Waals surface area (Å²) in [5.41, 5.74) is 3.39. The number of carbonyl (C=O) groups excluding carboxylic acids is 1. The smallest absolute Gasteiger partial charge is 0.274 e. The SMILES string of the molecule is Cc1nn(C)c(C(=O)N(Cc2ccc3[nH]ccc3c2)C2CC2)c1Cl. The number of aromatic amines is 1. The fourth-order valence-electron chi connectivity index (χ4n) is 3.15. The molecule has 5 nitrogen and oxygen atoms in total. The standard InChI is InChI=1S/C18H19ClN4O/c1-11-16(19)17(22(2)21-11)18(24)23(14-4-5-14)10-12-3-6-15-13(9-12)7-8-20-15/h3,6-9,14,20H,4-5,10H2,1-2H3. The molecule has 0 unspecified atom stereocenters. The number of H-pyrrole nitrogens is 1. The van der Waals surface area contributed by atoms with Crippen molar-refractivity contribution in [3.8, 4) is 0 Å². The molecule has 1 amide bonds. The van der Waals surface area contributed by atoms with E-state index in [2.05, 4.69) is 28.3 Å². The van der Waals surface area contributed by atoms with E-state index in [9.17, 15) is 4.79 Å². The summed E-state index contributed by atoms with van der Waals surface area (Å²) in [6.07, 6.45) is 4.02. The molecular weight excluding hydrogens is 324 g/mol. The first-order valence-corrected chi connectivity index (χ1v) is 8.48. The van der Waals surface area contributed by atoms with Crippen LogP contribution in [0, 0.1) is 6.92 Å². The average molecular weight is 343 g/mol. The molecule has 1 aliphatic rings. The van der Waals surface area contributed by atoms with Crippen LogP contribution in [-0.2, 0) is 13.6 Å². The number of amides is 1. The van der Waals surface area contributed by atoms with E-state index in [1.807, 2.05) is 24.1 Å². The van der Waals surface area contributed by atoms with Gasteiger partial charge < -0.3 is 9.88 Å². The predicted octanol–water partition coefficient (Wildman–Crippen LogP) is 3.67. The average Bonchev–Trinajstić information content (AvgIpc) is 3.22. The molecule has 0 bridgehead atoms. The van der Waals surface area contributed by atoms with Crippen LogP contribution < -0.4 is 0 Å². The lowest BCUT2D eigenvalue weighted by atomic mass is 10.1. The van der Waals surface area contributed by atoms with Gasteiger partial charge in [0.2, 0.25) is 0 Å². The van der Waals surface area contributed by atoms with E-state index in [0.717, 1.165) is 29.3 Å². The molecule has 124 valence electrons. The Morgan fingerprint density at radius 1 is 1.42 bits per heavy atom. The van der Waals surface area contributed by atoms with Crippen LogP contribution in [0.2, 0.25) is 5.02 Å². The van der Waals surface area contributed by atoms with Gasteiger partial charge in [0.15, 0.2) is 0 Å². The normalized spacial score (nSPS) is 14.3. The van der Waals surface area contributed by atoms with E-state index in [1.165, 1.54) is 0 Å². The molecule has 24 heavy (non-hydrogen) atoms. The first-order chi connectivity index (χ1) is 11.5. The number of halogens is 1. The minimum absolute atomic E-state index is 0.0419. The molecule has 1 aromatic carbocycles. The summed E-state index contributed by atoms with van der Waals surface area (Å²) in [4.78, 5) is 18.2. The molecule has 0 saturated heterocycles. The lowest BCUT2D eigenvalue weighted by Crippen LogP contribution is -2.34. The highest BCUT2D eigenvalue weighted by molar-refractivity contribution is 6.34. The number of rotatable bonds is 4. The van der Waals surface area contributed by atoms with E-state index < -0.39 is 0 Å². The van der Waals surface area contributed by atoms with Gasteiger partial charge in [-0.25, -0.2) is 0 Å². The van der Waals surface area contributed by atoms with Crippen molar-refractivity contribution < 1.29 is 4.79 Å². The quantitative estimate of drug-likeness (QED) is 0.786. The Balaban J connectivity index is 1.65. The van der Waals surface area contributed by atoms with Crippen molar-refractivity contribution in [1.82, 2.24) is 19.7 Å². The second kappa shape index (κ2) is 5.67. The maximum Gasteiger partial charge on any atom is 0.274 e. The van der Waals surface area contributed by atoms with E-state index in [1.54, 1.807) is 11.7 Å². The number of aryl methyl sites for hydroxylation is 2. The zero-order chi connectivity index (χ0) is 16.8. The number of nitrogens with zero attached hydrogens (tertiary/aromatic N) is 3. The van der Waals surface area contributed by atoms with Crippen LogP contribution in [0.25, 0.3) is 10.9 Å². The fourth-order valence-corrected chi connectivity index (χ4v) is 3.39. The Labute approximate surface area is 145 Å². The van der Waals surface area contributed by atoms with Crippen molar-refractivity contribution in [3.63, 3.8) is 0 Å². The second-order valence-electron chi connectivity index (χ2n) is 6.44. The Bertz CT molecular complexity index is 922.